The van der Waals surface area contributed by atoms with Crippen LogP contribution in [0, 0.1) is 6.92 Å². The van der Waals surface area contributed by atoms with E-state index in [1.165, 1.54) is 96.3 Å². The van der Waals surface area contributed by atoms with Gasteiger partial charge in [-0.3, -0.25) is 4.79 Å². The van der Waals surface area contributed by atoms with Crippen LogP contribution in [0.15, 0.2) is 18.2 Å². The van der Waals surface area contributed by atoms with Crippen LogP contribution in [-0.4, -0.2) is 12.5 Å². The number of benzene rings is 1. The average Bonchev–Trinajstić information content (AvgIpc) is 2.75. The van der Waals surface area contributed by atoms with Crippen LogP contribution in [0.2, 0.25) is 0 Å². The highest BCUT2D eigenvalue weighted by molar-refractivity contribution is 14.1. The Balaban J connectivity index is 1.89. The van der Waals surface area contributed by atoms with Gasteiger partial charge < -0.3 is 8.38 Å². The predicted octanol–water partition coefficient (Wildman–Crippen LogP) is 8.72. The van der Waals surface area contributed by atoms with Crippen molar-refractivity contribution in [3.63, 3.8) is 0 Å². The van der Waals surface area contributed by atoms with E-state index in [0.717, 1.165) is 18.5 Å². The molecule has 0 atom stereocenters. The van der Waals surface area contributed by atoms with Crippen molar-refractivity contribution < 1.29 is 7.86 Å². The summed E-state index contributed by atoms with van der Waals surface area (Å²) < 4.78 is 5.27. The molecule has 1 aromatic rings. The Bertz CT molecular complexity index is 562. The van der Waals surface area contributed by atoms with E-state index in [0.29, 0.717) is 11.3 Å². The summed E-state index contributed by atoms with van der Waals surface area (Å²) in [5.74, 6) is 0.594. The zero-order valence-corrected chi connectivity index (χ0v) is 21.6. The summed E-state index contributed by atoms with van der Waals surface area (Å²) in [6.07, 6.45) is 21.8. The van der Waals surface area contributed by atoms with Gasteiger partial charge in [0.2, 0.25) is 0 Å². The minimum absolute atomic E-state index is 0.0358. The Labute approximate surface area is 199 Å². The second-order valence-corrected chi connectivity index (χ2v) is 9.08. The first kappa shape index (κ1) is 27.3. The number of halogens is 1. The molecule has 0 bridgehead atoms. The van der Waals surface area contributed by atoms with Gasteiger partial charge in [-0.1, -0.05) is 115 Å². The van der Waals surface area contributed by atoms with Gasteiger partial charge in [0.25, 0.3) is 5.91 Å². The van der Waals surface area contributed by atoms with Crippen molar-refractivity contribution in [3.05, 3.63) is 29.3 Å². The quantitative estimate of drug-likeness (QED) is 0.144. The fourth-order valence-corrected chi connectivity index (χ4v) is 4.24. The zero-order chi connectivity index (χ0) is 21.9. The SMILES string of the molecule is CCCCCCCCCCCCCCCCCCNC(=O)c1cc(C)ccc1OI. The molecule has 0 spiro atoms. The Morgan fingerprint density at radius 2 is 1.27 bits per heavy atom. The third-order valence-electron chi connectivity index (χ3n) is 5.78. The summed E-state index contributed by atoms with van der Waals surface area (Å²) in [6.45, 7) is 5.01. The highest BCUT2D eigenvalue weighted by Gasteiger charge is 2.12. The monoisotopic (exact) mass is 529 g/mol. The molecular formula is C26H44INO2. The van der Waals surface area contributed by atoms with Crippen LogP contribution in [0.3, 0.4) is 0 Å². The summed E-state index contributed by atoms with van der Waals surface area (Å²) in [7, 11) is 0. The van der Waals surface area contributed by atoms with Gasteiger partial charge in [-0.15, -0.1) is 0 Å². The van der Waals surface area contributed by atoms with Crippen LogP contribution in [0.5, 0.6) is 5.75 Å². The normalized spacial score (nSPS) is 10.9. The number of rotatable bonds is 19. The predicted molar refractivity (Wildman–Crippen MR) is 138 cm³/mol. The Kier molecular flexibility index (Phi) is 17.2. The number of hydrogen-bond donors (Lipinski definition) is 1. The highest BCUT2D eigenvalue weighted by atomic mass is 127. The van der Waals surface area contributed by atoms with Gasteiger partial charge in [-0.25, -0.2) is 0 Å². The second kappa shape index (κ2) is 18.9. The third-order valence-corrected chi connectivity index (χ3v) is 6.25. The molecule has 1 aromatic carbocycles. The maximum Gasteiger partial charge on any atom is 0.255 e. The van der Waals surface area contributed by atoms with Crippen molar-refractivity contribution in [2.45, 2.75) is 117 Å². The largest absolute Gasteiger partial charge is 0.427 e. The number of amides is 1. The molecule has 172 valence electrons. The van der Waals surface area contributed by atoms with Gasteiger partial charge >= 0.3 is 0 Å². The van der Waals surface area contributed by atoms with E-state index in [4.69, 9.17) is 3.07 Å². The van der Waals surface area contributed by atoms with Gasteiger partial charge in [0.1, 0.15) is 5.75 Å². The number of nitrogens with one attached hydrogen (secondary N) is 1. The molecule has 0 saturated heterocycles. The third kappa shape index (κ3) is 13.5. The Hall–Kier alpha value is -0.780. The molecule has 3 nitrogen and oxygen atoms in total. The van der Waals surface area contributed by atoms with Crippen molar-refractivity contribution in [1.82, 2.24) is 5.32 Å². The van der Waals surface area contributed by atoms with Crippen LogP contribution >= 0.6 is 23.0 Å². The molecule has 1 rings (SSSR count). The van der Waals surface area contributed by atoms with E-state index < -0.39 is 0 Å². The van der Waals surface area contributed by atoms with E-state index in [1.54, 1.807) is 0 Å². The number of carbonyl (C=O) groups excluding carboxylic acids is 1. The molecule has 1 amide bonds. The van der Waals surface area contributed by atoms with Gasteiger partial charge in [0.15, 0.2) is 23.0 Å². The van der Waals surface area contributed by atoms with E-state index in [-0.39, 0.29) is 5.91 Å². The van der Waals surface area contributed by atoms with Crippen LogP contribution in [0.25, 0.3) is 0 Å². The summed E-state index contributed by atoms with van der Waals surface area (Å²) in [5.41, 5.74) is 1.70. The van der Waals surface area contributed by atoms with Crippen LogP contribution in [0.1, 0.15) is 126 Å². The van der Waals surface area contributed by atoms with Gasteiger partial charge in [0, 0.05) is 6.54 Å². The zero-order valence-electron chi connectivity index (χ0n) is 19.4. The molecule has 0 aliphatic carbocycles. The summed E-state index contributed by atoms with van der Waals surface area (Å²) in [4.78, 5) is 12.3. The molecule has 0 unspecified atom stereocenters. The van der Waals surface area contributed by atoms with Crippen LogP contribution in [-0.2, 0) is 0 Å². The number of unbranched alkanes of at least 4 members (excludes halogenated alkanes) is 15. The molecule has 1 N–H and O–H groups in total. The molecule has 0 saturated carbocycles. The highest BCUT2D eigenvalue weighted by Crippen LogP contribution is 2.22. The van der Waals surface area contributed by atoms with E-state index in [1.807, 2.05) is 48.1 Å². The van der Waals surface area contributed by atoms with Crippen molar-refractivity contribution in [2.75, 3.05) is 6.54 Å². The smallest absolute Gasteiger partial charge is 0.255 e. The maximum atomic E-state index is 12.3. The first-order valence-electron chi connectivity index (χ1n) is 12.4. The van der Waals surface area contributed by atoms with Crippen molar-refractivity contribution in [1.29, 1.82) is 0 Å². The Morgan fingerprint density at radius 1 is 0.800 bits per heavy atom. The molecule has 0 aliphatic rings. The minimum atomic E-state index is -0.0358. The molecule has 0 heterocycles. The average molecular weight is 530 g/mol. The summed E-state index contributed by atoms with van der Waals surface area (Å²) in [6, 6.07) is 5.70. The fourth-order valence-electron chi connectivity index (χ4n) is 3.86. The van der Waals surface area contributed by atoms with E-state index in [2.05, 4.69) is 12.2 Å². The maximum absolute atomic E-state index is 12.3. The molecule has 0 radical (unpaired) electrons. The summed E-state index contributed by atoms with van der Waals surface area (Å²) in [5, 5.41) is 3.03. The Morgan fingerprint density at radius 3 is 1.73 bits per heavy atom. The molecule has 30 heavy (non-hydrogen) atoms. The molecule has 0 aliphatic heterocycles. The summed E-state index contributed by atoms with van der Waals surface area (Å²) >= 11 is 1.83. The lowest BCUT2D eigenvalue weighted by Crippen LogP contribution is -2.24. The lowest BCUT2D eigenvalue weighted by atomic mass is 10.0. The van der Waals surface area contributed by atoms with Gasteiger partial charge in [-0.05, 0) is 25.5 Å². The fraction of sp³-hybridized carbons (Fsp3) is 0.731. The minimum Gasteiger partial charge on any atom is -0.427 e. The first-order chi connectivity index (χ1) is 14.7. The molecule has 4 heteroatoms. The lowest BCUT2D eigenvalue weighted by Gasteiger charge is -2.09. The van der Waals surface area contributed by atoms with Crippen molar-refractivity contribution in [2.24, 2.45) is 0 Å². The van der Waals surface area contributed by atoms with E-state index >= 15 is 0 Å². The standard InChI is InChI=1S/C26H44INO2/c1-3-4-5-6-7-8-9-10-11-12-13-14-15-16-17-18-21-28-26(29)24-22-23(2)19-20-25(24)30-27/h19-20,22H,3-18,21H2,1-2H3,(H,28,29). The molecule has 0 aromatic heterocycles. The topological polar surface area (TPSA) is 38.3 Å². The first-order valence-corrected chi connectivity index (χ1v) is 13.2. The van der Waals surface area contributed by atoms with Gasteiger partial charge in [0.05, 0.1) is 5.56 Å². The van der Waals surface area contributed by atoms with Crippen LogP contribution < -0.4 is 8.38 Å². The second-order valence-electron chi connectivity index (χ2n) is 8.64. The van der Waals surface area contributed by atoms with Gasteiger partial charge in [-0.2, -0.15) is 0 Å². The molecule has 0 fully saturated rings. The molecular weight excluding hydrogens is 485 g/mol. The van der Waals surface area contributed by atoms with E-state index in [9.17, 15) is 4.79 Å². The van der Waals surface area contributed by atoms with Crippen LogP contribution in [0.4, 0.5) is 0 Å². The number of carbonyl (C=O) groups is 1. The van der Waals surface area contributed by atoms with Crippen molar-refractivity contribution in [3.8, 4) is 5.75 Å². The van der Waals surface area contributed by atoms with Crippen molar-refractivity contribution >= 4 is 28.9 Å². The number of hydrogen-bond acceptors (Lipinski definition) is 2. The lowest BCUT2D eigenvalue weighted by molar-refractivity contribution is 0.0951. The number of aryl methyl sites for hydroxylation is 1.